The molecule has 0 radical (unpaired) electrons. The van der Waals surface area contributed by atoms with Crippen molar-refractivity contribution in [1.82, 2.24) is 5.32 Å². The number of carboxylic acid groups (broad SMARTS) is 1. The molecule has 0 aromatic rings. The molecule has 6 nitrogen and oxygen atoms in total. The molecule has 0 saturated heterocycles. The zero-order chi connectivity index (χ0) is 15.1. The average molecular weight is 301 g/mol. The van der Waals surface area contributed by atoms with Crippen LogP contribution in [0.15, 0.2) is 12.2 Å². The Bertz CT molecular complexity index is 553. The first-order valence-corrected chi connectivity index (χ1v) is 8.64. The first kappa shape index (κ1) is 15.0. The van der Waals surface area contributed by atoms with Gasteiger partial charge in [-0.2, -0.15) is 0 Å². The summed E-state index contributed by atoms with van der Waals surface area (Å²) in [5.41, 5.74) is 0. The van der Waals surface area contributed by atoms with Gasteiger partial charge in [0.25, 0.3) is 0 Å². The molecule has 2 aliphatic carbocycles. The number of carbonyl (C=O) groups excluding carboxylic acids is 1. The lowest BCUT2D eigenvalue weighted by molar-refractivity contribution is -0.147. The fourth-order valence-electron chi connectivity index (χ4n) is 3.35. The Morgan fingerprint density at radius 1 is 1.30 bits per heavy atom. The second-order valence-corrected chi connectivity index (χ2v) is 8.03. The van der Waals surface area contributed by atoms with E-state index < -0.39 is 33.7 Å². The van der Waals surface area contributed by atoms with Gasteiger partial charge in [0, 0.05) is 12.3 Å². The van der Waals surface area contributed by atoms with Gasteiger partial charge in [0.2, 0.25) is 5.91 Å². The fourth-order valence-corrected chi connectivity index (χ4v) is 4.34. The van der Waals surface area contributed by atoms with Crippen LogP contribution in [0.25, 0.3) is 0 Å². The lowest BCUT2D eigenvalue weighted by atomic mass is 9.82. The summed E-state index contributed by atoms with van der Waals surface area (Å²) in [4.78, 5) is 23.6. The number of fused-ring (bicyclic) bond motifs is 2. The van der Waals surface area contributed by atoms with E-state index >= 15 is 0 Å². The van der Waals surface area contributed by atoms with E-state index in [2.05, 4.69) is 5.32 Å². The van der Waals surface area contributed by atoms with Crippen LogP contribution in [-0.4, -0.2) is 43.5 Å². The zero-order valence-electron chi connectivity index (χ0n) is 11.4. The minimum Gasteiger partial charge on any atom is -0.481 e. The Morgan fingerprint density at radius 3 is 2.35 bits per heavy atom. The number of aliphatic carboxylic acids is 1. The number of sulfone groups is 1. The summed E-state index contributed by atoms with van der Waals surface area (Å²) in [5.74, 6) is -2.89. The number of hydrogen-bond donors (Lipinski definition) is 2. The topological polar surface area (TPSA) is 101 Å². The van der Waals surface area contributed by atoms with Crippen molar-refractivity contribution in [2.24, 2.45) is 23.7 Å². The second kappa shape index (κ2) is 5.20. The summed E-state index contributed by atoms with van der Waals surface area (Å²) in [5, 5.41) is 11.9. The van der Waals surface area contributed by atoms with E-state index in [1.807, 2.05) is 12.2 Å². The quantitative estimate of drug-likeness (QED) is 0.699. The van der Waals surface area contributed by atoms with E-state index in [1.165, 1.54) is 0 Å². The van der Waals surface area contributed by atoms with E-state index in [-0.39, 0.29) is 23.5 Å². The van der Waals surface area contributed by atoms with Gasteiger partial charge in [-0.3, -0.25) is 9.59 Å². The van der Waals surface area contributed by atoms with Gasteiger partial charge in [0.15, 0.2) is 0 Å². The van der Waals surface area contributed by atoms with Crippen LogP contribution in [0.1, 0.15) is 13.3 Å². The molecule has 0 aromatic heterocycles. The maximum Gasteiger partial charge on any atom is 0.307 e. The van der Waals surface area contributed by atoms with Crippen LogP contribution in [0, 0.1) is 23.7 Å². The summed E-state index contributed by atoms with van der Waals surface area (Å²) < 4.78 is 22.4. The molecule has 0 spiro atoms. The highest BCUT2D eigenvalue weighted by atomic mass is 32.2. The minimum absolute atomic E-state index is 0.0495. The normalized spacial score (nSPS) is 33.1. The zero-order valence-corrected chi connectivity index (χ0v) is 12.3. The molecule has 2 aliphatic rings. The van der Waals surface area contributed by atoms with Gasteiger partial charge < -0.3 is 10.4 Å². The summed E-state index contributed by atoms with van der Waals surface area (Å²) in [6, 6.07) is -0.518. The molecular weight excluding hydrogens is 282 g/mol. The lowest BCUT2D eigenvalue weighted by Crippen LogP contribution is -2.45. The van der Waals surface area contributed by atoms with E-state index in [1.54, 1.807) is 6.92 Å². The molecule has 5 unspecified atom stereocenters. The van der Waals surface area contributed by atoms with Gasteiger partial charge in [-0.15, -0.1) is 0 Å². The van der Waals surface area contributed by atoms with Crippen LogP contribution in [-0.2, 0) is 19.4 Å². The number of amides is 1. The Morgan fingerprint density at radius 2 is 1.85 bits per heavy atom. The van der Waals surface area contributed by atoms with Crippen molar-refractivity contribution in [1.29, 1.82) is 0 Å². The van der Waals surface area contributed by atoms with Gasteiger partial charge in [-0.1, -0.05) is 12.2 Å². The molecule has 7 heteroatoms. The SMILES string of the molecule is CC(CS(C)(=O)=O)NC(=O)C1C2C=CC(C2)C1C(=O)O. The Labute approximate surface area is 118 Å². The highest BCUT2D eigenvalue weighted by molar-refractivity contribution is 7.90. The maximum atomic E-state index is 12.2. The first-order chi connectivity index (χ1) is 9.19. The van der Waals surface area contributed by atoms with Gasteiger partial charge in [0.05, 0.1) is 17.6 Å². The molecule has 1 fully saturated rings. The number of carboxylic acids is 1. The van der Waals surface area contributed by atoms with Crippen molar-refractivity contribution in [3.63, 3.8) is 0 Å². The third kappa shape index (κ3) is 3.03. The second-order valence-electron chi connectivity index (χ2n) is 5.84. The van der Waals surface area contributed by atoms with Crippen LogP contribution in [0.3, 0.4) is 0 Å². The number of carbonyl (C=O) groups is 2. The fraction of sp³-hybridized carbons (Fsp3) is 0.692. The molecule has 2 bridgehead atoms. The molecule has 1 saturated carbocycles. The molecule has 20 heavy (non-hydrogen) atoms. The molecule has 5 atom stereocenters. The number of hydrogen-bond acceptors (Lipinski definition) is 4. The number of nitrogens with one attached hydrogen (secondary N) is 1. The molecule has 1 amide bonds. The summed E-state index contributed by atoms with van der Waals surface area (Å²) in [6.45, 7) is 1.61. The summed E-state index contributed by atoms with van der Waals surface area (Å²) in [7, 11) is -3.18. The largest absolute Gasteiger partial charge is 0.481 e. The molecule has 0 aromatic carbocycles. The van der Waals surface area contributed by atoms with E-state index in [4.69, 9.17) is 0 Å². The average Bonchev–Trinajstić information content (AvgIpc) is 2.84. The van der Waals surface area contributed by atoms with E-state index in [9.17, 15) is 23.1 Å². The van der Waals surface area contributed by atoms with Crippen molar-refractivity contribution in [2.75, 3.05) is 12.0 Å². The van der Waals surface area contributed by atoms with E-state index in [0.717, 1.165) is 6.26 Å². The Hall–Kier alpha value is -1.37. The predicted molar refractivity (Wildman–Crippen MR) is 72.7 cm³/mol. The van der Waals surface area contributed by atoms with Gasteiger partial charge in [-0.05, 0) is 25.2 Å². The van der Waals surface area contributed by atoms with Gasteiger partial charge in [0.1, 0.15) is 9.84 Å². The molecule has 112 valence electrons. The highest BCUT2D eigenvalue weighted by Gasteiger charge is 2.51. The third-order valence-electron chi connectivity index (χ3n) is 3.99. The molecule has 2 rings (SSSR count). The standard InChI is InChI=1S/C13H19NO5S/c1-7(6-20(2,18)19)14-12(15)10-8-3-4-9(5-8)11(10)13(16)17/h3-4,7-11H,5-6H2,1-2H3,(H,14,15)(H,16,17). The minimum atomic E-state index is -3.18. The summed E-state index contributed by atoms with van der Waals surface area (Å²) in [6.07, 6.45) is 5.56. The third-order valence-corrected chi connectivity index (χ3v) is 5.09. The molecule has 0 heterocycles. The van der Waals surface area contributed by atoms with E-state index in [0.29, 0.717) is 6.42 Å². The summed E-state index contributed by atoms with van der Waals surface area (Å²) >= 11 is 0. The van der Waals surface area contributed by atoms with Gasteiger partial charge >= 0.3 is 5.97 Å². The smallest absolute Gasteiger partial charge is 0.307 e. The van der Waals surface area contributed by atoms with Crippen LogP contribution < -0.4 is 5.32 Å². The monoisotopic (exact) mass is 301 g/mol. The van der Waals surface area contributed by atoms with Crippen LogP contribution >= 0.6 is 0 Å². The molecule has 2 N–H and O–H groups in total. The van der Waals surface area contributed by atoms with Crippen molar-refractivity contribution in [3.8, 4) is 0 Å². The maximum absolute atomic E-state index is 12.2. The number of rotatable bonds is 5. The Balaban J connectivity index is 2.05. The highest BCUT2D eigenvalue weighted by Crippen LogP contribution is 2.48. The Kier molecular flexibility index (Phi) is 3.90. The van der Waals surface area contributed by atoms with Gasteiger partial charge in [-0.25, -0.2) is 8.42 Å². The molecular formula is C13H19NO5S. The van der Waals surface area contributed by atoms with Crippen molar-refractivity contribution < 1.29 is 23.1 Å². The first-order valence-electron chi connectivity index (χ1n) is 6.58. The van der Waals surface area contributed by atoms with Crippen molar-refractivity contribution in [3.05, 3.63) is 12.2 Å². The van der Waals surface area contributed by atoms with Crippen LogP contribution in [0.5, 0.6) is 0 Å². The van der Waals surface area contributed by atoms with Crippen LogP contribution in [0.4, 0.5) is 0 Å². The van der Waals surface area contributed by atoms with Crippen molar-refractivity contribution >= 4 is 21.7 Å². The molecule has 0 aliphatic heterocycles. The predicted octanol–water partition coefficient (Wildman–Crippen LogP) is 0.0586. The van der Waals surface area contributed by atoms with Crippen molar-refractivity contribution in [2.45, 2.75) is 19.4 Å². The van der Waals surface area contributed by atoms with Crippen LogP contribution in [0.2, 0.25) is 0 Å². The number of allylic oxidation sites excluding steroid dienone is 2. The lowest BCUT2D eigenvalue weighted by Gasteiger charge is -2.25.